The Morgan fingerprint density at radius 3 is 2.55 bits per heavy atom. The summed E-state index contributed by atoms with van der Waals surface area (Å²) in [4.78, 5) is 19.8. The van der Waals surface area contributed by atoms with Gasteiger partial charge in [-0.25, -0.2) is 0 Å². The molecule has 3 rings (SSSR count). The number of amides is 1. The van der Waals surface area contributed by atoms with Crippen molar-refractivity contribution in [3.63, 3.8) is 0 Å². The summed E-state index contributed by atoms with van der Waals surface area (Å²) >= 11 is 0. The number of carbonyl (C=O) groups is 1. The second-order valence-electron chi connectivity index (χ2n) is 5.92. The average molecular weight is 272 g/mol. The summed E-state index contributed by atoms with van der Waals surface area (Å²) in [6.45, 7) is 6.97. The lowest BCUT2D eigenvalue weighted by Gasteiger charge is -2.30. The topological polar surface area (TPSA) is 41.9 Å². The van der Waals surface area contributed by atoms with Gasteiger partial charge in [-0.15, -0.1) is 0 Å². The SMILES string of the molecule is Cc1cc(C)c(C2=NOC3CCN(C)C(=O)C23)c(C)c1. The zero-order valence-electron chi connectivity index (χ0n) is 12.4. The highest BCUT2D eigenvalue weighted by Crippen LogP contribution is 2.32. The van der Waals surface area contributed by atoms with Gasteiger partial charge >= 0.3 is 0 Å². The van der Waals surface area contributed by atoms with Gasteiger partial charge in [-0.2, -0.15) is 0 Å². The van der Waals surface area contributed by atoms with Crippen molar-refractivity contribution >= 4 is 11.6 Å². The number of rotatable bonds is 1. The molecular weight excluding hydrogens is 252 g/mol. The number of carbonyl (C=O) groups excluding carboxylic acids is 1. The second-order valence-corrected chi connectivity index (χ2v) is 5.92. The molecule has 1 saturated heterocycles. The minimum Gasteiger partial charge on any atom is -0.391 e. The van der Waals surface area contributed by atoms with Crippen LogP contribution in [0.3, 0.4) is 0 Å². The van der Waals surface area contributed by atoms with Gasteiger partial charge in [0.1, 0.15) is 17.7 Å². The summed E-state index contributed by atoms with van der Waals surface area (Å²) in [5, 5.41) is 4.26. The van der Waals surface area contributed by atoms with Crippen LogP contribution in [0, 0.1) is 26.7 Å². The molecule has 1 fully saturated rings. The molecule has 1 aromatic rings. The number of oxime groups is 1. The first kappa shape index (κ1) is 13.2. The highest BCUT2D eigenvalue weighted by atomic mass is 16.6. The zero-order chi connectivity index (χ0) is 14.4. The Bertz CT molecular complexity index is 583. The van der Waals surface area contributed by atoms with Crippen LogP contribution in [0.1, 0.15) is 28.7 Å². The molecule has 2 unspecified atom stereocenters. The van der Waals surface area contributed by atoms with E-state index in [2.05, 4.69) is 38.1 Å². The first-order chi connectivity index (χ1) is 9.49. The summed E-state index contributed by atoms with van der Waals surface area (Å²) in [6.07, 6.45) is 0.762. The van der Waals surface area contributed by atoms with Gasteiger partial charge in [0.2, 0.25) is 5.91 Å². The molecule has 106 valence electrons. The third-order valence-electron chi connectivity index (χ3n) is 4.28. The molecule has 1 amide bonds. The zero-order valence-corrected chi connectivity index (χ0v) is 12.4. The lowest BCUT2D eigenvalue weighted by Crippen LogP contribution is -2.47. The third kappa shape index (κ3) is 1.90. The van der Waals surface area contributed by atoms with Gasteiger partial charge in [0.15, 0.2) is 0 Å². The Morgan fingerprint density at radius 1 is 1.25 bits per heavy atom. The van der Waals surface area contributed by atoms with Crippen LogP contribution in [0.25, 0.3) is 0 Å². The smallest absolute Gasteiger partial charge is 0.235 e. The van der Waals surface area contributed by atoms with E-state index in [0.717, 1.165) is 35.4 Å². The minimum absolute atomic E-state index is 0.0891. The fourth-order valence-electron chi connectivity index (χ4n) is 3.37. The van der Waals surface area contributed by atoms with Crippen LogP contribution < -0.4 is 0 Å². The number of benzene rings is 1. The number of likely N-dealkylation sites (tertiary alicyclic amines) is 1. The third-order valence-corrected chi connectivity index (χ3v) is 4.28. The van der Waals surface area contributed by atoms with Gasteiger partial charge < -0.3 is 9.74 Å². The van der Waals surface area contributed by atoms with Gasteiger partial charge in [-0.3, -0.25) is 4.79 Å². The molecule has 0 saturated carbocycles. The van der Waals surface area contributed by atoms with Gasteiger partial charge in [-0.1, -0.05) is 22.9 Å². The summed E-state index contributed by atoms with van der Waals surface area (Å²) in [7, 11) is 1.85. The molecule has 0 aliphatic carbocycles. The molecule has 2 aliphatic rings. The molecule has 2 aliphatic heterocycles. The van der Waals surface area contributed by atoms with Crippen molar-refractivity contribution in [2.75, 3.05) is 13.6 Å². The van der Waals surface area contributed by atoms with Gasteiger partial charge in [0, 0.05) is 25.6 Å². The molecule has 4 heteroatoms. The quantitative estimate of drug-likeness (QED) is 0.786. The number of piperidine rings is 1. The van der Waals surface area contributed by atoms with Gasteiger partial charge in [0.25, 0.3) is 0 Å². The second kappa shape index (κ2) is 4.62. The van der Waals surface area contributed by atoms with Crippen molar-refractivity contribution in [2.24, 2.45) is 11.1 Å². The maximum Gasteiger partial charge on any atom is 0.235 e. The lowest BCUT2D eigenvalue weighted by molar-refractivity contribution is -0.139. The van der Waals surface area contributed by atoms with Crippen molar-refractivity contribution in [1.82, 2.24) is 4.90 Å². The van der Waals surface area contributed by atoms with Crippen molar-refractivity contribution in [3.05, 3.63) is 34.4 Å². The Kier molecular flexibility index (Phi) is 3.04. The van der Waals surface area contributed by atoms with Crippen LogP contribution in [-0.4, -0.2) is 36.2 Å². The summed E-state index contributed by atoms with van der Waals surface area (Å²) in [6, 6.07) is 4.27. The van der Waals surface area contributed by atoms with E-state index in [-0.39, 0.29) is 17.9 Å². The predicted octanol–water partition coefficient (Wildman–Crippen LogP) is 2.19. The lowest BCUT2D eigenvalue weighted by atomic mass is 9.83. The van der Waals surface area contributed by atoms with E-state index in [0.29, 0.717) is 0 Å². The van der Waals surface area contributed by atoms with E-state index in [4.69, 9.17) is 4.84 Å². The van der Waals surface area contributed by atoms with Crippen LogP contribution >= 0.6 is 0 Å². The molecule has 0 radical (unpaired) electrons. The molecule has 0 aromatic heterocycles. The fraction of sp³-hybridized carbons (Fsp3) is 0.500. The van der Waals surface area contributed by atoms with Crippen LogP contribution in [0.5, 0.6) is 0 Å². The van der Waals surface area contributed by atoms with E-state index in [1.165, 1.54) is 5.56 Å². The summed E-state index contributed by atoms with van der Waals surface area (Å²) in [5.74, 6) is -0.120. The standard InChI is InChI=1S/C16H20N2O2/c1-9-7-10(2)13(11(3)8-9)15-14-12(20-17-15)5-6-18(4)16(14)19/h7-8,12,14H,5-6H2,1-4H3. The number of fused-ring (bicyclic) bond motifs is 1. The fourth-order valence-corrected chi connectivity index (χ4v) is 3.37. The Balaban J connectivity index is 2.05. The molecule has 0 bridgehead atoms. The Hall–Kier alpha value is -1.84. The monoisotopic (exact) mass is 272 g/mol. The highest BCUT2D eigenvalue weighted by Gasteiger charge is 2.45. The van der Waals surface area contributed by atoms with E-state index >= 15 is 0 Å². The van der Waals surface area contributed by atoms with Crippen molar-refractivity contribution < 1.29 is 9.63 Å². The van der Waals surface area contributed by atoms with Crippen molar-refractivity contribution in [3.8, 4) is 0 Å². The number of nitrogens with zero attached hydrogens (tertiary/aromatic N) is 2. The van der Waals surface area contributed by atoms with Gasteiger partial charge in [0.05, 0.1) is 0 Å². The number of hydrogen-bond acceptors (Lipinski definition) is 3. The van der Waals surface area contributed by atoms with Crippen LogP contribution in [0.4, 0.5) is 0 Å². The van der Waals surface area contributed by atoms with E-state index in [1.807, 2.05) is 7.05 Å². The predicted molar refractivity (Wildman–Crippen MR) is 77.8 cm³/mol. The first-order valence-corrected chi connectivity index (χ1v) is 7.06. The summed E-state index contributed by atoms with van der Waals surface area (Å²) < 4.78 is 0. The molecule has 0 spiro atoms. The molecule has 1 aromatic carbocycles. The number of hydrogen-bond donors (Lipinski definition) is 0. The maximum absolute atomic E-state index is 12.4. The normalized spacial score (nSPS) is 25.3. The maximum atomic E-state index is 12.4. The molecule has 2 atom stereocenters. The Labute approximate surface area is 119 Å². The van der Waals surface area contributed by atoms with E-state index in [1.54, 1.807) is 4.90 Å². The van der Waals surface area contributed by atoms with Crippen LogP contribution in [0.2, 0.25) is 0 Å². The Morgan fingerprint density at radius 2 is 1.90 bits per heavy atom. The summed E-state index contributed by atoms with van der Waals surface area (Å²) in [5.41, 5.74) is 5.43. The van der Waals surface area contributed by atoms with Crippen molar-refractivity contribution in [2.45, 2.75) is 33.3 Å². The molecule has 2 heterocycles. The van der Waals surface area contributed by atoms with Crippen LogP contribution in [-0.2, 0) is 9.63 Å². The molecule has 4 nitrogen and oxygen atoms in total. The molecular formula is C16H20N2O2. The first-order valence-electron chi connectivity index (χ1n) is 7.06. The number of aryl methyl sites for hydroxylation is 3. The highest BCUT2D eigenvalue weighted by molar-refractivity contribution is 6.15. The largest absolute Gasteiger partial charge is 0.391 e. The molecule has 0 N–H and O–H groups in total. The minimum atomic E-state index is -0.242. The van der Waals surface area contributed by atoms with Gasteiger partial charge in [-0.05, 0) is 31.9 Å². The van der Waals surface area contributed by atoms with E-state index < -0.39 is 0 Å². The van der Waals surface area contributed by atoms with Crippen LogP contribution in [0.15, 0.2) is 17.3 Å². The van der Waals surface area contributed by atoms with E-state index in [9.17, 15) is 4.79 Å². The molecule has 20 heavy (non-hydrogen) atoms. The average Bonchev–Trinajstić information content (AvgIpc) is 2.77. The van der Waals surface area contributed by atoms with Crippen molar-refractivity contribution in [1.29, 1.82) is 0 Å².